The van der Waals surface area contributed by atoms with Crippen LogP contribution >= 0.6 is 23.7 Å². The molecule has 0 spiro atoms. The number of nitrogens with zero attached hydrogens (tertiary/aromatic N) is 3. The molecule has 0 bridgehead atoms. The molecule has 0 unspecified atom stereocenters. The smallest absolute Gasteiger partial charge is 0.263 e. The number of morpholine rings is 1. The number of thiazole rings is 1. The number of anilines is 1. The van der Waals surface area contributed by atoms with Gasteiger partial charge in [-0.3, -0.25) is 14.6 Å². The van der Waals surface area contributed by atoms with E-state index in [1.54, 1.807) is 18.4 Å². The number of fused-ring (bicyclic) bond motifs is 2. The van der Waals surface area contributed by atoms with E-state index in [9.17, 15) is 4.79 Å². The molecule has 0 radical (unpaired) electrons. The highest BCUT2D eigenvalue weighted by atomic mass is 35.5. The Balaban J connectivity index is 0.00000289. The number of hydrogen-bond acceptors (Lipinski definition) is 6. The number of benzene rings is 3. The third kappa shape index (κ3) is 5.43. The quantitative estimate of drug-likeness (QED) is 0.325. The minimum absolute atomic E-state index is 0. The van der Waals surface area contributed by atoms with Crippen LogP contribution in [0.15, 0.2) is 54.6 Å². The first-order valence-electron chi connectivity index (χ1n) is 11.7. The largest absolute Gasteiger partial charge is 0.496 e. The van der Waals surface area contributed by atoms with Gasteiger partial charge in [-0.05, 0) is 47.9 Å². The highest BCUT2D eigenvalue weighted by Gasteiger charge is 2.25. The molecule has 1 saturated heterocycles. The van der Waals surface area contributed by atoms with E-state index in [0.717, 1.165) is 71.0 Å². The molecule has 8 heteroatoms. The van der Waals surface area contributed by atoms with Gasteiger partial charge in [0.1, 0.15) is 5.75 Å². The number of hydrogen-bond donors (Lipinski definition) is 0. The normalized spacial score (nSPS) is 14.1. The molecule has 2 heterocycles. The molecule has 1 aromatic heterocycles. The first kappa shape index (κ1) is 25.4. The average Bonchev–Trinajstić information content (AvgIpc) is 3.31. The molecule has 4 aromatic rings. The first-order valence-corrected chi connectivity index (χ1v) is 12.5. The molecule has 1 aliphatic rings. The van der Waals surface area contributed by atoms with Crippen molar-refractivity contribution < 1.29 is 14.3 Å². The van der Waals surface area contributed by atoms with E-state index in [1.807, 2.05) is 47.4 Å². The standard InChI is InChI=1S/C27H29N3O3S.ClH/c1-19-7-5-10-24-25(19)28-27(34-24)30(12-6-11-29-13-15-33-16-14-29)26(31)22-17-20-8-3-4-9-21(20)18-23(22)32-2;/h3-5,7-10,17-18H,6,11-16H2,1-2H3;1H. The van der Waals surface area contributed by atoms with E-state index in [2.05, 4.69) is 24.0 Å². The Kier molecular flexibility index (Phi) is 8.23. The zero-order valence-corrected chi connectivity index (χ0v) is 21.7. The number of para-hydroxylation sites is 1. The van der Waals surface area contributed by atoms with E-state index in [-0.39, 0.29) is 18.3 Å². The maximum Gasteiger partial charge on any atom is 0.263 e. The molecule has 0 aliphatic carbocycles. The van der Waals surface area contributed by atoms with E-state index >= 15 is 0 Å². The van der Waals surface area contributed by atoms with Crippen LogP contribution in [0.1, 0.15) is 22.3 Å². The Morgan fingerprint density at radius 1 is 1.11 bits per heavy atom. The highest BCUT2D eigenvalue weighted by Crippen LogP contribution is 2.34. The Labute approximate surface area is 215 Å². The van der Waals surface area contributed by atoms with Gasteiger partial charge in [0.05, 0.1) is 36.1 Å². The Bertz CT molecular complexity index is 1320. The lowest BCUT2D eigenvalue weighted by molar-refractivity contribution is 0.0376. The zero-order chi connectivity index (χ0) is 23.5. The minimum Gasteiger partial charge on any atom is -0.496 e. The van der Waals surface area contributed by atoms with Crippen LogP contribution in [0.4, 0.5) is 5.13 Å². The van der Waals surface area contributed by atoms with Crippen molar-refractivity contribution in [3.8, 4) is 5.75 Å². The van der Waals surface area contributed by atoms with Crippen molar-refractivity contribution in [3.63, 3.8) is 0 Å². The van der Waals surface area contributed by atoms with Gasteiger partial charge in [0.25, 0.3) is 5.91 Å². The molecule has 184 valence electrons. The molecule has 0 atom stereocenters. The van der Waals surface area contributed by atoms with Crippen LogP contribution in [0.2, 0.25) is 0 Å². The summed E-state index contributed by atoms with van der Waals surface area (Å²) in [7, 11) is 1.62. The van der Waals surface area contributed by atoms with E-state index in [1.165, 1.54) is 0 Å². The van der Waals surface area contributed by atoms with Crippen molar-refractivity contribution in [2.75, 3.05) is 51.4 Å². The van der Waals surface area contributed by atoms with Gasteiger partial charge < -0.3 is 9.47 Å². The van der Waals surface area contributed by atoms with E-state index in [4.69, 9.17) is 14.5 Å². The van der Waals surface area contributed by atoms with Crippen LogP contribution < -0.4 is 9.64 Å². The highest BCUT2D eigenvalue weighted by molar-refractivity contribution is 7.22. The van der Waals surface area contributed by atoms with Crippen LogP contribution in [0.5, 0.6) is 5.75 Å². The topological polar surface area (TPSA) is 54.9 Å². The van der Waals surface area contributed by atoms with E-state index in [0.29, 0.717) is 17.9 Å². The fraction of sp³-hybridized carbons (Fsp3) is 0.333. The predicted molar refractivity (Wildman–Crippen MR) is 146 cm³/mol. The molecular formula is C27H30ClN3O3S. The monoisotopic (exact) mass is 511 g/mol. The summed E-state index contributed by atoms with van der Waals surface area (Å²) in [5.74, 6) is 0.500. The summed E-state index contributed by atoms with van der Waals surface area (Å²) in [6.07, 6.45) is 0.858. The van der Waals surface area contributed by atoms with Crippen molar-refractivity contribution in [2.45, 2.75) is 13.3 Å². The summed E-state index contributed by atoms with van der Waals surface area (Å²) in [6, 6.07) is 18.1. The number of halogens is 1. The van der Waals surface area contributed by atoms with Gasteiger partial charge in [-0.1, -0.05) is 47.7 Å². The molecule has 1 amide bonds. The molecule has 5 rings (SSSR count). The minimum atomic E-state index is -0.0821. The van der Waals surface area contributed by atoms with Gasteiger partial charge >= 0.3 is 0 Å². The van der Waals surface area contributed by atoms with Crippen LogP contribution in [0.25, 0.3) is 21.0 Å². The molecule has 35 heavy (non-hydrogen) atoms. The number of amides is 1. The lowest BCUT2D eigenvalue weighted by atomic mass is 10.0. The second kappa shape index (κ2) is 11.4. The number of aromatic nitrogens is 1. The lowest BCUT2D eigenvalue weighted by Gasteiger charge is -2.28. The van der Waals surface area contributed by atoms with Gasteiger partial charge in [0, 0.05) is 26.2 Å². The molecule has 6 nitrogen and oxygen atoms in total. The van der Waals surface area contributed by atoms with Gasteiger partial charge in [0.2, 0.25) is 0 Å². The molecule has 0 saturated carbocycles. The molecule has 0 N–H and O–H groups in total. The maximum atomic E-state index is 14.0. The molecular weight excluding hydrogens is 482 g/mol. The number of carbonyl (C=O) groups excluding carboxylic acids is 1. The maximum absolute atomic E-state index is 14.0. The van der Waals surface area contributed by atoms with Gasteiger partial charge in [-0.15, -0.1) is 12.4 Å². The molecule has 1 aliphatic heterocycles. The average molecular weight is 512 g/mol. The summed E-state index contributed by atoms with van der Waals surface area (Å²) in [6.45, 7) is 6.99. The number of aryl methyl sites for hydroxylation is 1. The van der Waals surface area contributed by atoms with Crippen molar-refractivity contribution in [2.24, 2.45) is 0 Å². The Morgan fingerprint density at radius 3 is 2.57 bits per heavy atom. The number of methoxy groups -OCH3 is 1. The second-order valence-electron chi connectivity index (χ2n) is 8.58. The molecule has 3 aromatic carbocycles. The number of ether oxygens (including phenoxy) is 2. The summed E-state index contributed by atoms with van der Waals surface area (Å²) in [4.78, 5) is 23.1. The summed E-state index contributed by atoms with van der Waals surface area (Å²) < 4.78 is 12.2. The van der Waals surface area contributed by atoms with Crippen molar-refractivity contribution >= 4 is 55.8 Å². The third-order valence-corrected chi connectivity index (χ3v) is 7.39. The van der Waals surface area contributed by atoms with Gasteiger partial charge in [0.15, 0.2) is 5.13 Å². The summed E-state index contributed by atoms with van der Waals surface area (Å²) >= 11 is 1.57. The van der Waals surface area contributed by atoms with Crippen LogP contribution in [-0.2, 0) is 4.74 Å². The SMILES string of the molecule is COc1cc2ccccc2cc1C(=O)N(CCCN1CCOCC1)c1nc2c(C)cccc2s1.Cl. The van der Waals surface area contributed by atoms with Crippen LogP contribution in [-0.4, -0.2) is 62.3 Å². The Morgan fingerprint density at radius 2 is 1.86 bits per heavy atom. The van der Waals surface area contributed by atoms with Crippen LogP contribution in [0, 0.1) is 6.92 Å². The summed E-state index contributed by atoms with van der Waals surface area (Å²) in [5, 5.41) is 2.79. The third-order valence-electron chi connectivity index (χ3n) is 6.34. The van der Waals surface area contributed by atoms with Gasteiger partial charge in [-0.25, -0.2) is 4.98 Å². The lowest BCUT2D eigenvalue weighted by Crippen LogP contribution is -2.39. The zero-order valence-electron chi connectivity index (χ0n) is 20.0. The number of carbonyl (C=O) groups is 1. The second-order valence-corrected chi connectivity index (χ2v) is 9.59. The molecule has 1 fully saturated rings. The van der Waals surface area contributed by atoms with Crippen LogP contribution in [0.3, 0.4) is 0 Å². The predicted octanol–water partition coefficient (Wildman–Crippen LogP) is 5.56. The fourth-order valence-corrected chi connectivity index (χ4v) is 5.52. The van der Waals surface area contributed by atoms with E-state index < -0.39 is 0 Å². The van der Waals surface area contributed by atoms with Crippen molar-refractivity contribution in [1.29, 1.82) is 0 Å². The first-order chi connectivity index (χ1) is 16.6. The number of rotatable bonds is 7. The Hall–Kier alpha value is -2.71. The van der Waals surface area contributed by atoms with Crippen molar-refractivity contribution in [1.82, 2.24) is 9.88 Å². The summed E-state index contributed by atoms with van der Waals surface area (Å²) in [5.41, 5.74) is 2.63. The van der Waals surface area contributed by atoms with Gasteiger partial charge in [-0.2, -0.15) is 0 Å². The van der Waals surface area contributed by atoms with Crippen molar-refractivity contribution in [3.05, 3.63) is 65.7 Å². The fourth-order valence-electron chi connectivity index (χ4n) is 4.45.